The van der Waals surface area contributed by atoms with E-state index in [4.69, 9.17) is 32.7 Å². The lowest BCUT2D eigenvalue weighted by atomic mass is 10.0. The number of nitrogens with one attached hydrogen (secondary N) is 1. The first kappa shape index (κ1) is 23.7. The van der Waals surface area contributed by atoms with E-state index < -0.39 is 18.7 Å². The topological polar surface area (TPSA) is 58.9 Å². The molecule has 2 aromatic heterocycles. The molecule has 1 N–H and O–H groups in total. The maximum absolute atomic E-state index is 12.9. The summed E-state index contributed by atoms with van der Waals surface area (Å²) >= 11 is 14.0. The molecular weight excluding hydrogens is 495 g/mol. The van der Waals surface area contributed by atoms with Crippen LogP contribution in [0, 0.1) is 5.92 Å². The SMILES string of the molecule is O=C(OC(Cc1c(Cl)c[nH+]cc1Cl)c1ccc(OC(F)F)c(OCC2CC2)c1)c1ccsc1. The van der Waals surface area contributed by atoms with Crippen LogP contribution < -0.4 is 14.5 Å². The van der Waals surface area contributed by atoms with Gasteiger partial charge in [0.1, 0.15) is 16.1 Å². The van der Waals surface area contributed by atoms with Crippen LogP contribution in [0.25, 0.3) is 0 Å². The van der Waals surface area contributed by atoms with Gasteiger partial charge >= 0.3 is 12.6 Å². The fraction of sp³-hybridized carbons (Fsp3) is 0.304. The molecule has 1 aliphatic carbocycles. The Hall–Kier alpha value is -2.42. The van der Waals surface area contributed by atoms with Crippen molar-refractivity contribution in [2.24, 2.45) is 5.92 Å². The third-order valence-electron chi connectivity index (χ3n) is 5.12. The average Bonchev–Trinajstić information content (AvgIpc) is 3.44. The van der Waals surface area contributed by atoms with E-state index in [0.717, 1.165) is 12.8 Å². The summed E-state index contributed by atoms with van der Waals surface area (Å²) in [6, 6.07) is 6.16. The maximum atomic E-state index is 12.9. The summed E-state index contributed by atoms with van der Waals surface area (Å²) in [5.41, 5.74) is 1.52. The van der Waals surface area contributed by atoms with Crippen LogP contribution in [0.3, 0.4) is 0 Å². The maximum Gasteiger partial charge on any atom is 0.387 e. The van der Waals surface area contributed by atoms with E-state index >= 15 is 0 Å². The van der Waals surface area contributed by atoms with Crippen molar-refractivity contribution >= 4 is 40.5 Å². The van der Waals surface area contributed by atoms with E-state index in [1.165, 1.54) is 17.4 Å². The van der Waals surface area contributed by atoms with Gasteiger partial charge in [-0.05, 0) is 47.9 Å². The van der Waals surface area contributed by atoms with Crippen molar-refractivity contribution in [2.75, 3.05) is 6.61 Å². The van der Waals surface area contributed by atoms with E-state index in [1.54, 1.807) is 41.4 Å². The Bertz CT molecular complexity index is 1090. The Morgan fingerprint density at radius 2 is 1.91 bits per heavy atom. The number of benzene rings is 1. The van der Waals surface area contributed by atoms with Crippen LogP contribution >= 0.6 is 34.5 Å². The van der Waals surface area contributed by atoms with Crippen LogP contribution in [0.4, 0.5) is 8.78 Å². The molecule has 2 heterocycles. The number of halogens is 4. The highest BCUT2D eigenvalue weighted by Crippen LogP contribution is 2.38. The smallest absolute Gasteiger partial charge is 0.387 e. The van der Waals surface area contributed by atoms with Gasteiger partial charge in [0, 0.05) is 17.4 Å². The summed E-state index contributed by atoms with van der Waals surface area (Å²) in [5.74, 6) is -0.0413. The number of pyridine rings is 1. The van der Waals surface area contributed by atoms with Crippen molar-refractivity contribution in [1.82, 2.24) is 0 Å². The van der Waals surface area contributed by atoms with Gasteiger partial charge in [0.2, 0.25) is 0 Å². The number of H-pyrrole nitrogens is 1. The van der Waals surface area contributed by atoms with E-state index in [-0.39, 0.29) is 17.9 Å². The number of hydrogen-bond donors (Lipinski definition) is 0. The minimum Gasteiger partial charge on any atom is -0.489 e. The van der Waals surface area contributed by atoms with Gasteiger partial charge in [-0.2, -0.15) is 20.1 Å². The lowest BCUT2D eigenvalue weighted by molar-refractivity contribution is -0.377. The third kappa shape index (κ3) is 6.34. The standard InChI is InChI=1S/C23H19Cl2F2NO4S/c24-17-9-28-10-18(25)16(17)8-20(31-22(29)15-5-6-33-12-15)14-3-4-19(32-23(26)27)21(7-14)30-11-13-1-2-13/h3-7,9-10,12-13,20,23H,1-2,8,11H2/p+1. The average molecular weight is 515 g/mol. The van der Waals surface area contributed by atoms with Gasteiger partial charge in [-0.15, -0.1) is 0 Å². The fourth-order valence-corrected chi connectivity index (χ4v) is 4.34. The quantitative estimate of drug-likeness (QED) is 0.293. The summed E-state index contributed by atoms with van der Waals surface area (Å²) in [7, 11) is 0. The summed E-state index contributed by atoms with van der Waals surface area (Å²) in [6.45, 7) is -2.60. The van der Waals surface area contributed by atoms with E-state index in [0.29, 0.717) is 39.3 Å². The normalized spacial score (nSPS) is 14.2. The van der Waals surface area contributed by atoms with Crippen LogP contribution in [0.5, 0.6) is 11.5 Å². The van der Waals surface area contributed by atoms with Crippen molar-refractivity contribution in [3.05, 3.63) is 74.2 Å². The number of thiophene rings is 1. The monoisotopic (exact) mass is 514 g/mol. The minimum absolute atomic E-state index is 0.0808. The Balaban J connectivity index is 1.66. The molecule has 1 aliphatic rings. The van der Waals surface area contributed by atoms with Gasteiger partial charge in [0.25, 0.3) is 0 Å². The molecule has 1 atom stereocenters. The molecule has 0 aliphatic heterocycles. The highest BCUT2D eigenvalue weighted by atomic mass is 35.5. The Kier molecular flexibility index (Phi) is 7.67. The number of esters is 1. The third-order valence-corrected chi connectivity index (χ3v) is 6.48. The van der Waals surface area contributed by atoms with Crippen LogP contribution in [-0.2, 0) is 11.2 Å². The molecule has 0 bridgehead atoms. The molecule has 0 spiro atoms. The number of carbonyl (C=O) groups is 1. The minimum atomic E-state index is -3.00. The lowest BCUT2D eigenvalue weighted by Gasteiger charge is -2.21. The molecule has 10 heteroatoms. The van der Waals surface area contributed by atoms with Crippen molar-refractivity contribution in [1.29, 1.82) is 0 Å². The van der Waals surface area contributed by atoms with E-state index in [9.17, 15) is 13.6 Å². The number of aromatic amines is 1. The second-order valence-electron chi connectivity index (χ2n) is 7.58. The molecule has 0 radical (unpaired) electrons. The summed E-state index contributed by atoms with van der Waals surface area (Å²) < 4.78 is 42.0. The number of hydrogen-bond acceptors (Lipinski definition) is 5. The molecule has 0 saturated heterocycles. The second-order valence-corrected chi connectivity index (χ2v) is 9.17. The van der Waals surface area contributed by atoms with Crippen LogP contribution in [-0.4, -0.2) is 19.2 Å². The molecule has 1 aromatic carbocycles. The number of rotatable bonds is 10. The van der Waals surface area contributed by atoms with E-state index in [2.05, 4.69) is 9.72 Å². The summed E-state index contributed by atoms with van der Waals surface area (Å²) in [5, 5.41) is 4.21. The van der Waals surface area contributed by atoms with Crippen LogP contribution in [0.1, 0.15) is 40.4 Å². The zero-order valence-electron chi connectivity index (χ0n) is 17.2. The Labute approximate surface area is 203 Å². The van der Waals surface area contributed by atoms with Crippen LogP contribution in [0.15, 0.2) is 47.4 Å². The predicted molar refractivity (Wildman–Crippen MR) is 120 cm³/mol. The van der Waals surface area contributed by atoms with Gasteiger partial charge in [-0.25, -0.2) is 9.78 Å². The molecule has 33 heavy (non-hydrogen) atoms. The molecule has 5 nitrogen and oxygen atoms in total. The predicted octanol–water partition coefficient (Wildman–Crippen LogP) is 6.40. The number of carbonyl (C=O) groups excluding carboxylic acids is 1. The molecule has 4 rings (SSSR count). The number of alkyl halides is 2. The fourth-order valence-electron chi connectivity index (χ4n) is 3.19. The zero-order valence-corrected chi connectivity index (χ0v) is 19.6. The van der Waals surface area contributed by atoms with Gasteiger partial charge in [0.05, 0.1) is 12.2 Å². The molecule has 0 amide bonds. The molecule has 3 aromatic rings. The highest BCUT2D eigenvalue weighted by Gasteiger charge is 2.26. The molecule has 174 valence electrons. The highest BCUT2D eigenvalue weighted by molar-refractivity contribution is 7.08. The summed E-state index contributed by atoms with van der Waals surface area (Å²) in [4.78, 5) is 15.6. The second kappa shape index (κ2) is 10.7. The molecule has 1 unspecified atom stereocenters. The van der Waals surface area contributed by atoms with Gasteiger partial charge in [0.15, 0.2) is 23.9 Å². The number of ether oxygens (including phenoxy) is 3. The van der Waals surface area contributed by atoms with Crippen molar-refractivity contribution in [3.63, 3.8) is 0 Å². The van der Waals surface area contributed by atoms with Crippen LogP contribution in [0.2, 0.25) is 10.0 Å². The first-order chi connectivity index (χ1) is 15.9. The first-order valence-electron chi connectivity index (χ1n) is 10.2. The largest absolute Gasteiger partial charge is 0.489 e. The molecular formula is C23H20Cl2F2NO4S+. The van der Waals surface area contributed by atoms with E-state index in [1.807, 2.05) is 0 Å². The molecule has 1 saturated carbocycles. The summed E-state index contributed by atoms with van der Waals surface area (Å²) in [6.07, 6.45) is 4.58. The Morgan fingerprint density at radius 1 is 1.15 bits per heavy atom. The Morgan fingerprint density at radius 3 is 2.55 bits per heavy atom. The van der Waals surface area contributed by atoms with Gasteiger partial charge < -0.3 is 14.2 Å². The van der Waals surface area contributed by atoms with Crippen molar-refractivity contribution in [3.8, 4) is 11.5 Å². The molecule has 1 fully saturated rings. The van der Waals surface area contributed by atoms with Crippen molar-refractivity contribution in [2.45, 2.75) is 32.0 Å². The van der Waals surface area contributed by atoms with Gasteiger partial charge in [-0.1, -0.05) is 29.3 Å². The lowest BCUT2D eigenvalue weighted by Crippen LogP contribution is -2.16. The number of aromatic nitrogens is 1. The van der Waals surface area contributed by atoms with Gasteiger partial charge in [-0.3, -0.25) is 0 Å². The van der Waals surface area contributed by atoms with Crippen molar-refractivity contribution < 1.29 is 32.8 Å². The zero-order chi connectivity index (χ0) is 23.4. The first-order valence-corrected chi connectivity index (χ1v) is 11.9.